The minimum Gasteiger partial charge on any atom is -0.493 e. The molecule has 1 atom stereocenters. The lowest BCUT2D eigenvalue weighted by molar-refractivity contribution is 0.292. The molecule has 2 rings (SSSR count). The van der Waals surface area contributed by atoms with Crippen molar-refractivity contribution in [1.29, 1.82) is 5.26 Å². The molecule has 0 N–H and O–H groups in total. The molecular weight excluding hydrogens is 416 g/mol. The third-order valence-corrected chi connectivity index (χ3v) is 5.07. The summed E-state index contributed by atoms with van der Waals surface area (Å²) in [6.07, 6.45) is -7.17. The van der Waals surface area contributed by atoms with Crippen LogP contribution in [-0.2, 0) is 11.8 Å². The van der Waals surface area contributed by atoms with Crippen molar-refractivity contribution in [2.45, 2.75) is 38.4 Å². The normalized spacial score (nSPS) is 21.6. The predicted molar refractivity (Wildman–Crippen MR) is 132 cm³/mol. The summed E-state index contributed by atoms with van der Waals surface area (Å²) in [5.41, 5.74) is -2.91. The van der Waals surface area contributed by atoms with Crippen LogP contribution in [0.15, 0.2) is 36.3 Å². The monoisotopic (exact) mass is 469 g/mol. The molecule has 180 valence electrons. The van der Waals surface area contributed by atoms with Gasteiger partial charge in [0.1, 0.15) is 0 Å². The van der Waals surface area contributed by atoms with Gasteiger partial charge in [-0.15, -0.1) is 0 Å². The first-order valence-electron chi connectivity index (χ1n) is 17.5. The van der Waals surface area contributed by atoms with Crippen molar-refractivity contribution in [3.05, 3.63) is 47.5 Å². The van der Waals surface area contributed by atoms with Crippen LogP contribution in [0.4, 0.5) is 0 Å². The molecule has 0 radical (unpaired) electrons. The Morgan fingerprint density at radius 3 is 2.45 bits per heavy atom. The average Bonchev–Trinajstić information content (AvgIpc) is 2.94. The number of benzene rings is 2. The highest BCUT2D eigenvalue weighted by molar-refractivity contribution is 5.47. The van der Waals surface area contributed by atoms with Crippen molar-refractivity contribution in [3.63, 3.8) is 0 Å². The van der Waals surface area contributed by atoms with Crippen molar-refractivity contribution in [1.82, 2.24) is 4.90 Å². The maximum atomic E-state index is 10.6. The van der Waals surface area contributed by atoms with Crippen LogP contribution in [0.2, 0.25) is 0 Å². The van der Waals surface area contributed by atoms with E-state index in [0.717, 1.165) is 30.1 Å². The van der Waals surface area contributed by atoms with Crippen molar-refractivity contribution in [2.24, 2.45) is 5.92 Å². The highest BCUT2D eigenvalue weighted by atomic mass is 16.5. The van der Waals surface area contributed by atoms with Gasteiger partial charge in [-0.05, 0) is 74.0 Å². The zero-order valence-electron chi connectivity index (χ0n) is 34.3. The molecule has 0 amide bonds. The molecule has 2 aromatic rings. The molecule has 1 unspecified atom stereocenters. The molecule has 0 aromatic heterocycles. The maximum Gasteiger partial charge on any atom is 0.161 e. The lowest BCUT2D eigenvalue weighted by Gasteiger charge is -2.32. The van der Waals surface area contributed by atoms with E-state index in [2.05, 4.69) is 0 Å². The van der Waals surface area contributed by atoms with Gasteiger partial charge >= 0.3 is 0 Å². The summed E-state index contributed by atoms with van der Waals surface area (Å²) in [6.45, 7) is -0.794. The van der Waals surface area contributed by atoms with Crippen LogP contribution in [0.1, 0.15) is 58.3 Å². The van der Waals surface area contributed by atoms with Crippen LogP contribution >= 0.6 is 0 Å². The Hall–Kier alpha value is -2.91. The molecule has 0 saturated heterocycles. The van der Waals surface area contributed by atoms with Crippen molar-refractivity contribution in [2.75, 3.05) is 48.4 Å². The van der Waals surface area contributed by atoms with Gasteiger partial charge in [-0.2, -0.15) is 5.26 Å². The Balaban J connectivity index is 2.68. The summed E-state index contributed by atoms with van der Waals surface area (Å²) < 4.78 is 143. The van der Waals surface area contributed by atoms with Gasteiger partial charge < -0.3 is 23.8 Å². The van der Waals surface area contributed by atoms with E-state index in [4.69, 9.17) is 39.5 Å². The van der Waals surface area contributed by atoms with Gasteiger partial charge in [0.25, 0.3) is 0 Å². The molecule has 0 aliphatic rings. The highest BCUT2D eigenvalue weighted by Crippen LogP contribution is 2.40. The summed E-state index contributed by atoms with van der Waals surface area (Å²) in [4.78, 5) is 0.822. The van der Waals surface area contributed by atoms with Crippen LogP contribution in [0.25, 0.3) is 0 Å². The fraction of sp³-hybridized carbons (Fsp3) is 0.519. The summed E-state index contributed by atoms with van der Waals surface area (Å²) in [5.74, 6) is -2.63. The van der Waals surface area contributed by atoms with E-state index in [1.807, 2.05) is 0 Å². The van der Waals surface area contributed by atoms with Gasteiger partial charge in [-0.3, -0.25) is 0 Å². The molecule has 0 aliphatic carbocycles. The minimum absolute atomic E-state index is 0.0291. The largest absolute Gasteiger partial charge is 0.493 e. The highest BCUT2D eigenvalue weighted by Gasteiger charge is 2.36. The van der Waals surface area contributed by atoms with E-state index in [0.29, 0.717) is 0 Å². The molecule has 33 heavy (non-hydrogen) atoms. The van der Waals surface area contributed by atoms with Crippen LogP contribution in [-0.4, -0.2) is 53.3 Å². The van der Waals surface area contributed by atoms with Gasteiger partial charge in [-0.25, -0.2) is 0 Å². The molecule has 6 heteroatoms. The molecular formula is C27H38N2O4. The number of nitriles is 1. The lowest BCUT2D eigenvalue weighted by atomic mass is 9.69. The van der Waals surface area contributed by atoms with E-state index >= 15 is 0 Å². The summed E-state index contributed by atoms with van der Waals surface area (Å²) in [5, 5.41) is 10.6. The fourth-order valence-corrected chi connectivity index (χ4v) is 3.07. The quantitative estimate of drug-likeness (QED) is 0.407. The minimum atomic E-state index is -3.51. The molecule has 0 fully saturated rings. The summed E-state index contributed by atoms with van der Waals surface area (Å²) >= 11 is 0. The molecule has 2 aromatic carbocycles. The second-order valence-electron chi connectivity index (χ2n) is 7.39. The number of methoxy groups -OCH3 is 4. The SMILES string of the molecule is [2H]c1c([2H])c(OC)c(OC)c([2H])c1CCN(C)C([2H])([2H])C([2H])([2H])C([2H])([2H])C(C#N)(c1ccc(OC([2H])([2H])[2H])c(OC([2H])([2H])[2H])c1)C(C)C. The fourth-order valence-electron chi connectivity index (χ4n) is 3.07. The maximum absolute atomic E-state index is 10.6. The number of nitrogens with zero attached hydrogens (tertiary/aromatic N) is 2. The first-order valence-corrected chi connectivity index (χ1v) is 10.0. The molecule has 0 bridgehead atoms. The van der Waals surface area contributed by atoms with Gasteiger partial charge in [0.2, 0.25) is 0 Å². The van der Waals surface area contributed by atoms with Gasteiger partial charge in [-0.1, -0.05) is 26.0 Å². The number of hydrogen-bond acceptors (Lipinski definition) is 6. The second-order valence-corrected chi connectivity index (χ2v) is 7.39. The van der Waals surface area contributed by atoms with E-state index < -0.39 is 62.2 Å². The summed E-state index contributed by atoms with van der Waals surface area (Å²) in [7, 11) is -2.56. The smallest absolute Gasteiger partial charge is 0.161 e. The molecule has 0 heterocycles. The molecule has 6 nitrogen and oxygen atoms in total. The third kappa shape index (κ3) is 6.33. The standard InChI is InChI=1S/C27H38N2O4/c1-20(2)27(19-28,22-10-12-24(31-5)26(18-22)33-7)14-8-15-29(3)16-13-21-9-11-23(30-4)25(17-21)32-6/h9-12,17-18,20H,8,13-16H2,1-7H3/i5D3,7D3,8D2,9D,11D,14D2,15D2,17D. The molecule has 0 saturated carbocycles. The Labute approximate surface area is 220 Å². The van der Waals surface area contributed by atoms with Crippen LogP contribution in [0.5, 0.6) is 23.0 Å². The number of hydrogen-bond donors (Lipinski definition) is 0. The Morgan fingerprint density at radius 1 is 1.09 bits per heavy atom. The third-order valence-electron chi connectivity index (χ3n) is 5.07. The van der Waals surface area contributed by atoms with E-state index in [9.17, 15) is 5.26 Å². The van der Waals surface area contributed by atoms with E-state index in [1.165, 1.54) is 28.1 Å². The summed E-state index contributed by atoms with van der Waals surface area (Å²) in [6, 6.07) is 3.60. The zero-order valence-corrected chi connectivity index (χ0v) is 19.3. The van der Waals surface area contributed by atoms with E-state index in [1.54, 1.807) is 6.07 Å². The Morgan fingerprint density at radius 2 is 1.82 bits per heavy atom. The van der Waals surface area contributed by atoms with Crippen molar-refractivity contribution in [3.8, 4) is 29.1 Å². The van der Waals surface area contributed by atoms with Gasteiger partial charge in [0.05, 0.1) is 52.1 Å². The Bertz CT molecular complexity index is 1520. The first kappa shape index (κ1) is 12.0. The Kier molecular flexibility index (Phi) is 4.49. The number of rotatable bonds is 13. The number of likely N-dealkylation sites (N-methyl/N-ethyl adjacent to an activating group) is 1. The number of ether oxygens (including phenoxy) is 4. The van der Waals surface area contributed by atoms with Crippen LogP contribution in [0, 0.1) is 17.2 Å². The van der Waals surface area contributed by atoms with Crippen LogP contribution in [0.3, 0.4) is 0 Å². The van der Waals surface area contributed by atoms with Gasteiger partial charge in [0.15, 0.2) is 23.0 Å². The first-order chi connectivity index (χ1) is 21.7. The zero-order chi connectivity index (χ0) is 37.4. The average molecular weight is 470 g/mol. The predicted octanol–water partition coefficient (Wildman–Crippen LogP) is 5.09. The molecule has 0 spiro atoms. The molecule has 0 aliphatic heterocycles. The topological polar surface area (TPSA) is 64.0 Å². The van der Waals surface area contributed by atoms with Crippen molar-refractivity contribution >= 4 is 0 Å². The lowest BCUT2D eigenvalue weighted by Crippen LogP contribution is -2.32. The van der Waals surface area contributed by atoms with Crippen molar-refractivity contribution < 1.29 is 39.5 Å². The second kappa shape index (κ2) is 12.4. The van der Waals surface area contributed by atoms with Gasteiger partial charge in [0, 0.05) is 14.8 Å². The van der Waals surface area contributed by atoms with E-state index in [-0.39, 0.29) is 47.7 Å². The van der Waals surface area contributed by atoms with Crippen LogP contribution < -0.4 is 18.9 Å².